The van der Waals surface area contributed by atoms with Gasteiger partial charge in [-0.1, -0.05) is 0 Å². The Morgan fingerprint density at radius 2 is 1.95 bits per heavy atom. The van der Waals surface area contributed by atoms with Gasteiger partial charge in [-0.15, -0.1) is 0 Å². The summed E-state index contributed by atoms with van der Waals surface area (Å²) in [6.07, 6.45) is -0.612. The van der Waals surface area contributed by atoms with Crippen LogP contribution in [0.15, 0.2) is 0 Å². The van der Waals surface area contributed by atoms with Crippen molar-refractivity contribution in [3.63, 3.8) is 0 Å². The van der Waals surface area contributed by atoms with Crippen molar-refractivity contribution in [3.8, 4) is 0 Å². The van der Waals surface area contributed by atoms with Crippen LogP contribution in [-0.2, 0) is 14.3 Å². The van der Waals surface area contributed by atoms with E-state index in [-0.39, 0.29) is 12.2 Å². The maximum atomic E-state index is 11.4. The number of aliphatic carboxylic acids is 1. The van der Waals surface area contributed by atoms with E-state index in [1.807, 2.05) is 0 Å². The van der Waals surface area contributed by atoms with E-state index in [0.29, 0.717) is 5.75 Å². The fourth-order valence-corrected chi connectivity index (χ4v) is 1.97. The zero-order valence-electron chi connectivity index (χ0n) is 11.3. The van der Waals surface area contributed by atoms with Gasteiger partial charge in [0.2, 0.25) is 5.91 Å². The van der Waals surface area contributed by atoms with Gasteiger partial charge in [-0.3, -0.25) is 4.79 Å². The topological polar surface area (TPSA) is 119 Å². The van der Waals surface area contributed by atoms with Gasteiger partial charge < -0.3 is 20.9 Å². The molecule has 0 aliphatic carbocycles. The molecule has 1 unspecified atom stereocenters. The lowest BCUT2D eigenvalue weighted by atomic mass is 10.2. The smallest absolute Gasteiger partial charge is 0.408 e. The number of carbonyl (C=O) groups is 3. The predicted octanol–water partition coefficient (Wildman–Crippen LogP) is 0.573. The van der Waals surface area contributed by atoms with E-state index in [2.05, 4.69) is 5.32 Å². The van der Waals surface area contributed by atoms with Gasteiger partial charge in [0.05, 0.1) is 0 Å². The van der Waals surface area contributed by atoms with Crippen molar-refractivity contribution in [1.82, 2.24) is 5.32 Å². The van der Waals surface area contributed by atoms with E-state index in [1.165, 1.54) is 11.8 Å². The molecule has 0 spiro atoms. The molecular formula is C11H20N2O5S. The van der Waals surface area contributed by atoms with Gasteiger partial charge in [-0.25, -0.2) is 9.59 Å². The number of thioether (sulfide) groups is 1. The molecule has 2 amide bonds. The average Bonchev–Trinajstić information content (AvgIpc) is 2.19. The third kappa shape index (κ3) is 10.2. The summed E-state index contributed by atoms with van der Waals surface area (Å²) in [6, 6.07) is -1.06. The first-order valence-corrected chi connectivity index (χ1v) is 6.85. The Bertz CT molecular complexity index is 340. The zero-order valence-corrected chi connectivity index (χ0v) is 12.1. The minimum absolute atomic E-state index is 0.141. The molecule has 7 nitrogen and oxygen atoms in total. The van der Waals surface area contributed by atoms with E-state index in [1.54, 1.807) is 20.8 Å². The van der Waals surface area contributed by atoms with Crippen LogP contribution in [0.4, 0.5) is 4.79 Å². The number of nitrogens with two attached hydrogens (primary N) is 1. The number of carboxylic acid groups (broad SMARTS) is 1. The van der Waals surface area contributed by atoms with Crippen molar-refractivity contribution in [3.05, 3.63) is 0 Å². The van der Waals surface area contributed by atoms with E-state index in [9.17, 15) is 14.4 Å². The fraction of sp³-hybridized carbons (Fsp3) is 0.727. The van der Waals surface area contributed by atoms with Crippen LogP contribution in [0, 0.1) is 0 Å². The molecule has 110 valence electrons. The van der Waals surface area contributed by atoms with Crippen LogP contribution in [0.5, 0.6) is 0 Å². The number of hydrogen-bond donors (Lipinski definition) is 3. The maximum Gasteiger partial charge on any atom is 0.408 e. The number of ether oxygens (including phenoxy) is 1. The number of hydrogen-bond acceptors (Lipinski definition) is 5. The zero-order chi connectivity index (χ0) is 15.1. The molecule has 0 aromatic rings. The molecule has 0 aliphatic rings. The van der Waals surface area contributed by atoms with Crippen LogP contribution < -0.4 is 11.1 Å². The van der Waals surface area contributed by atoms with E-state index in [0.717, 1.165) is 0 Å². The molecule has 0 rings (SSSR count). The summed E-state index contributed by atoms with van der Waals surface area (Å²) in [6.45, 7) is 5.05. The number of rotatable bonds is 7. The highest BCUT2D eigenvalue weighted by atomic mass is 32.2. The summed E-state index contributed by atoms with van der Waals surface area (Å²) in [4.78, 5) is 32.9. The van der Waals surface area contributed by atoms with Gasteiger partial charge in [-0.05, 0) is 20.8 Å². The van der Waals surface area contributed by atoms with Crippen molar-refractivity contribution in [2.75, 3.05) is 11.5 Å². The van der Waals surface area contributed by atoms with Crippen LogP contribution in [0.2, 0.25) is 0 Å². The van der Waals surface area contributed by atoms with Gasteiger partial charge >= 0.3 is 12.1 Å². The van der Waals surface area contributed by atoms with Gasteiger partial charge in [0, 0.05) is 17.9 Å². The van der Waals surface area contributed by atoms with E-state index >= 15 is 0 Å². The first-order chi connectivity index (χ1) is 8.61. The van der Waals surface area contributed by atoms with Crippen molar-refractivity contribution in [2.24, 2.45) is 5.73 Å². The Kier molecular flexibility index (Phi) is 7.28. The number of carboxylic acids is 1. The van der Waals surface area contributed by atoms with E-state index < -0.39 is 29.6 Å². The Morgan fingerprint density at radius 3 is 2.37 bits per heavy atom. The molecule has 0 radical (unpaired) electrons. The summed E-state index contributed by atoms with van der Waals surface area (Å²) >= 11 is 1.23. The van der Waals surface area contributed by atoms with Crippen LogP contribution in [0.1, 0.15) is 27.2 Å². The highest BCUT2D eigenvalue weighted by molar-refractivity contribution is 7.99. The summed E-state index contributed by atoms with van der Waals surface area (Å²) in [7, 11) is 0. The molecule has 0 bridgehead atoms. The van der Waals surface area contributed by atoms with Gasteiger partial charge in [-0.2, -0.15) is 11.8 Å². The second kappa shape index (κ2) is 7.88. The molecule has 1 atom stereocenters. The number of alkyl carbamates (subject to hydrolysis) is 1. The quantitative estimate of drug-likeness (QED) is 0.590. The summed E-state index contributed by atoms with van der Waals surface area (Å²) < 4.78 is 4.97. The summed E-state index contributed by atoms with van der Waals surface area (Å²) in [5, 5.41) is 11.2. The third-order valence-electron chi connectivity index (χ3n) is 1.77. The second-order valence-electron chi connectivity index (χ2n) is 4.83. The highest BCUT2D eigenvalue weighted by Crippen LogP contribution is 2.09. The van der Waals surface area contributed by atoms with E-state index in [4.69, 9.17) is 15.6 Å². The van der Waals surface area contributed by atoms with Gasteiger partial charge in [0.15, 0.2) is 0 Å². The number of nitrogens with one attached hydrogen (secondary N) is 1. The SMILES string of the molecule is CC(C)(C)OC(=O)NC(CSCCC(N)=O)C(=O)O. The fourth-order valence-electron chi connectivity index (χ4n) is 0.998. The van der Waals surface area contributed by atoms with Crippen LogP contribution in [0.3, 0.4) is 0 Å². The minimum atomic E-state index is -1.16. The normalized spacial score (nSPS) is 12.6. The lowest BCUT2D eigenvalue weighted by Gasteiger charge is -2.21. The predicted molar refractivity (Wildman–Crippen MR) is 71.9 cm³/mol. The number of primary amides is 1. The van der Waals surface area contributed by atoms with Crippen LogP contribution in [0.25, 0.3) is 0 Å². The lowest BCUT2D eigenvalue weighted by Crippen LogP contribution is -2.45. The van der Waals surface area contributed by atoms with Crippen molar-refractivity contribution in [1.29, 1.82) is 0 Å². The Hall–Kier alpha value is -1.44. The number of amides is 2. The molecule has 0 aromatic heterocycles. The molecule has 0 heterocycles. The first-order valence-electron chi connectivity index (χ1n) is 5.70. The third-order valence-corrected chi connectivity index (χ3v) is 2.83. The largest absolute Gasteiger partial charge is 0.480 e. The highest BCUT2D eigenvalue weighted by Gasteiger charge is 2.23. The molecule has 4 N–H and O–H groups in total. The second-order valence-corrected chi connectivity index (χ2v) is 5.98. The molecule has 0 saturated carbocycles. The molecule has 0 aliphatic heterocycles. The number of carbonyl (C=O) groups excluding carboxylic acids is 2. The van der Waals surface area contributed by atoms with Gasteiger partial charge in [0.1, 0.15) is 11.6 Å². The average molecular weight is 292 g/mol. The Balaban J connectivity index is 4.16. The van der Waals surface area contributed by atoms with Crippen molar-refractivity contribution in [2.45, 2.75) is 38.8 Å². The van der Waals surface area contributed by atoms with Crippen LogP contribution in [-0.4, -0.2) is 46.2 Å². The molecule has 0 saturated heterocycles. The van der Waals surface area contributed by atoms with Crippen LogP contribution >= 0.6 is 11.8 Å². The van der Waals surface area contributed by atoms with Crippen molar-refractivity contribution >= 4 is 29.7 Å². The Morgan fingerprint density at radius 1 is 1.37 bits per heavy atom. The maximum absolute atomic E-state index is 11.4. The minimum Gasteiger partial charge on any atom is -0.480 e. The first kappa shape index (κ1) is 17.6. The Labute approximate surface area is 116 Å². The molecule has 8 heteroatoms. The molecule has 19 heavy (non-hydrogen) atoms. The summed E-state index contributed by atoms with van der Waals surface area (Å²) in [5.74, 6) is -1.05. The standard InChI is InChI=1S/C11H20N2O5S/c1-11(2,3)18-10(17)13-7(9(15)16)6-19-5-4-8(12)14/h7H,4-6H2,1-3H3,(H2,12,14)(H,13,17)(H,15,16). The lowest BCUT2D eigenvalue weighted by molar-refractivity contribution is -0.138. The van der Waals surface area contributed by atoms with Crippen molar-refractivity contribution < 1.29 is 24.2 Å². The summed E-state index contributed by atoms with van der Waals surface area (Å²) in [5.41, 5.74) is 4.27. The monoisotopic (exact) mass is 292 g/mol. The molecule has 0 fully saturated rings. The van der Waals surface area contributed by atoms with Gasteiger partial charge in [0.25, 0.3) is 0 Å². The molecule has 0 aromatic carbocycles. The molecular weight excluding hydrogens is 272 g/mol.